The number of nitrogens with zero attached hydrogens (tertiary/aromatic N) is 1. The van der Waals surface area contributed by atoms with Crippen LogP contribution < -0.4 is 10.3 Å². The molecule has 1 aromatic heterocycles. The molecule has 1 N–H and O–H groups in total. The molecule has 0 unspecified atom stereocenters. The molecule has 7 nitrogen and oxygen atoms in total. The van der Waals surface area contributed by atoms with E-state index in [0.29, 0.717) is 28.6 Å². The van der Waals surface area contributed by atoms with Gasteiger partial charge in [-0.25, -0.2) is 9.78 Å². The monoisotopic (exact) mass is 380 g/mol. The van der Waals surface area contributed by atoms with Gasteiger partial charge in [0.2, 0.25) is 0 Å². The van der Waals surface area contributed by atoms with Gasteiger partial charge in [0, 0.05) is 12.0 Å². The van der Waals surface area contributed by atoms with Crippen molar-refractivity contribution in [1.29, 1.82) is 0 Å². The molecule has 0 aliphatic heterocycles. The number of hydrogen-bond donors (Lipinski definition) is 1. The Morgan fingerprint density at radius 3 is 2.54 bits per heavy atom. The second-order valence-electron chi connectivity index (χ2n) is 6.19. The number of aromatic nitrogens is 2. The van der Waals surface area contributed by atoms with Crippen LogP contribution in [0.2, 0.25) is 0 Å². The Morgan fingerprint density at radius 2 is 1.82 bits per heavy atom. The van der Waals surface area contributed by atoms with Crippen molar-refractivity contribution in [2.24, 2.45) is 0 Å². The Labute approximate surface area is 161 Å². The van der Waals surface area contributed by atoms with Crippen LogP contribution in [0.1, 0.15) is 42.6 Å². The molecule has 3 rings (SSSR count). The van der Waals surface area contributed by atoms with Gasteiger partial charge in [-0.2, -0.15) is 0 Å². The van der Waals surface area contributed by atoms with Gasteiger partial charge in [0.15, 0.2) is 24.3 Å². The Morgan fingerprint density at radius 1 is 1.11 bits per heavy atom. The highest BCUT2D eigenvalue weighted by Gasteiger charge is 2.16. The fourth-order valence-corrected chi connectivity index (χ4v) is 2.67. The molecule has 0 aliphatic rings. The zero-order chi connectivity index (χ0) is 20.1. The fraction of sp³-hybridized carbons (Fsp3) is 0.238. The molecule has 0 amide bonds. The van der Waals surface area contributed by atoms with Gasteiger partial charge in [0.05, 0.1) is 10.9 Å². The molecule has 0 fully saturated rings. The minimum Gasteiger partial charge on any atom is -0.482 e. The van der Waals surface area contributed by atoms with Crippen LogP contribution in [-0.4, -0.2) is 28.3 Å². The van der Waals surface area contributed by atoms with Crippen molar-refractivity contribution in [1.82, 2.24) is 9.97 Å². The Kier molecular flexibility index (Phi) is 5.84. The highest BCUT2D eigenvalue weighted by Crippen LogP contribution is 2.16. The fourth-order valence-electron chi connectivity index (χ4n) is 2.67. The number of fused-ring (bicyclic) bond motifs is 1. The first-order valence-corrected chi connectivity index (χ1v) is 8.92. The quantitative estimate of drug-likeness (QED) is 0.499. The summed E-state index contributed by atoms with van der Waals surface area (Å²) < 4.78 is 10.7. The number of H-pyrrole nitrogens is 1. The van der Waals surface area contributed by atoms with E-state index >= 15 is 0 Å². The van der Waals surface area contributed by atoms with Gasteiger partial charge in [-0.15, -0.1) is 0 Å². The summed E-state index contributed by atoms with van der Waals surface area (Å²) in [5, 5.41) is 0.470. The summed E-state index contributed by atoms with van der Waals surface area (Å²) in [6.45, 7) is 3.11. The summed E-state index contributed by atoms with van der Waals surface area (Å²) in [7, 11) is 0. The van der Waals surface area contributed by atoms with E-state index in [1.165, 1.54) is 0 Å². The van der Waals surface area contributed by atoms with E-state index in [9.17, 15) is 14.4 Å². The molecule has 0 bridgehead atoms. The van der Waals surface area contributed by atoms with E-state index in [1.807, 2.05) is 0 Å². The molecule has 0 aliphatic carbocycles. The molecular formula is C21H20N2O5. The van der Waals surface area contributed by atoms with E-state index in [2.05, 4.69) is 9.97 Å². The number of benzene rings is 2. The number of rotatable bonds is 7. The third-order valence-electron chi connectivity index (χ3n) is 4.18. The van der Waals surface area contributed by atoms with Crippen molar-refractivity contribution in [3.05, 3.63) is 70.3 Å². The number of esters is 1. The number of para-hydroxylation sites is 1. The molecule has 0 spiro atoms. The van der Waals surface area contributed by atoms with E-state index in [1.54, 1.807) is 62.4 Å². The Bertz CT molecular complexity index is 1060. The molecule has 28 heavy (non-hydrogen) atoms. The van der Waals surface area contributed by atoms with Crippen molar-refractivity contribution in [2.45, 2.75) is 26.4 Å². The smallest absolute Gasteiger partial charge is 0.344 e. The first-order chi connectivity index (χ1) is 13.5. The number of aromatic amines is 1. The van der Waals surface area contributed by atoms with E-state index in [4.69, 9.17) is 9.47 Å². The van der Waals surface area contributed by atoms with Crippen molar-refractivity contribution in [3.8, 4) is 5.75 Å². The first kappa shape index (κ1) is 19.3. The maximum Gasteiger partial charge on any atom is 0.344 e. The largest absolute Gasteiger partial charge is 0.482 e. The SMILES string of the molecule is CCC(=O)c1ccc(OCC(=O)O[C@H](C)c2nc3ccccc3c(=O)[nH]2)cc1. The average Bonchev–Trinajstić information content (AvgIpc) is 2.72. The van der Waals surface area contributed by atoms with E-state index in [0.717, 1.165) is 0 Å². The van der Waals surface area contributed by atoms with Gasteiger partial charge < -0.3 is 14.5 Å². The van der Waals surface area contributed by atoms with Crippen LogP contribution in [-0.2, 0) is 9.53 Å². The van der Waals surface area contributed by atoms with Crippen LogP contribution in [0.15, 0.2) is 53.3 Å². The number of carbonyl (C=O) groups excluding carboxylic acids is 2. The van der Waals surface area contributed by atoms with Gasteiger partial charge in [-0.05, 0) is 43.3 Å². The summed E-state index contributed by atoms with van der Waals surface area (Å²) in [4.78, 5) is 42.7. The van der Waals surface area contributed by atoms with Gasteiger partial charge in [-0.3, -0.25) is 9.59 Å². The average molecular weight is 380 g/mol. The maximum atomic E-state index is 12.1. The number of Topliss-reactive ketones (excluding diaryl/α,β-unsaturated/α-hetero) is 1. The lowest BCUT2D eigenvalue weighted by atomic mass is 10.1. The van der Waals surface area contributed by atoms with Crippen LogP contribution in [0.25, 0.3) is 10.9 Å². The van der Waals surface area contributed by atoms with Gasteiger partial charge in [-0.1, -0.05) is 19.1 Å². The molecule has 1 heterocycles. The molecule has 3 aromatic rings. The Hall–Kier alpha value is -3.48. The van der Waals surface area contributed by atoms with Crippen molar-refractivity contribution >= 4 is 22.7 Å². The van der Waals surface area contributed by atoms with E-state index in [-0.39, 0.29) is 23.8 Å². The molecule has 144 valence electrons. The molecule has 2 aromatic carbocycles. The van der Waals surface area contributed by atoms with Crippen molar-refractivity contribution in [3.63, 3.8) is 0 Å². The van der Waals surface area contributed by atoms with Gasteiger partial charge >= 0.3 is 5.97 Å². The molecule has 0 saturated carbocycles. The predicted molar refractivity (Wildman–Crippen MR) is 103 cm³/mol. The third kappa shape index (κ3) is 4.43. The topological polar surface area (TPSA) is 98.3 Å². The number of ether oxygens (including phenoxy) is 2. The summed E-state index contributed by atoms with van der Waals surface area (Å²) in [6.07, 6.45) is -0.312. The highest BCUT2D eigenvalue weighted by atomic mass is 16.6. The summed E-state index contributed by atoms with van der Waals surface area (Å²) in [5.41, 5.74) is 0.834. The third-order valence-corrected chi connectivity index (χ3v) is 4.18. The number of nitrogens with one attached hydrogen (secondary N) is 1. The predicted octanol–water partition coefficient (Wildman–Crippen LogP) is 3.20. The van der Waals surface area contributed by atoms with Crippen LogP contribution in [0, 0.1) is 0 Å². The number of ketones is 1. The van der Waals surface area contributed by atoms with Crippen molar-refractivity contribution < 1.29 is 19.1 Å². The Balaban J connectivity index is 1.60. The second-order valence-corrected chi connectivity index (χ2v) is 6.19. The molecule has 0 saturated heterocycles. The second kappa shape index (κ2) is 8.47. The lowest BCUT2D eigenvalue weighted by Gasteiger charge is -2.13. The van der Waals surface area contributed by atoms with Gasteiger partial charge in [0.25, 0.3) is 5.56 Å². The summed E-state index contributed by atoms with van der Waals surface area (Å²) >= 11 is 0. The van der Waals surface area contributed by atoms with Crippen LogP contribution in [0.5, 0.6) is 5.75 Å². The minimum atomic E-state index is -0.738. The minimum absolute atomic E-state index is 0.0386. The maximum absolute atomic E-state index is 12.1. The normalized spacial score (nSPS) is 11.8. The molecule has 0 radical (unpaired) electrons. The van der Waals surface area contributed by atoms with Crippen molar-refractivity contribution in [2.75, 3.05) is 6.61 Å². The van der Waals surface area contributed by atoms with E-state index < -0.39 is 12.1 Å². The standard InChI is InChI=1S/C21H20N2O5/c1-3-18(24)14-8-10-15(11-9-14)27-12-19(25)28-13(2)20-22-17-7-5-4-6-16(17)21(26)23-20/h4-11,13H,3,12H2,1-2H3,(H,22,23,26)/t13-/m1/s1. The van der Waals surface area contributed by atoms with Gasteiger partial charge in [0.1, 0.15) is 5.75 Å². The first-order valence-electron chi connectivity index (χ1n) is 8.92. The van der Waals surface area contributed by atoms with Crippen LogP contribution in [0.4, 0.5) is 0 Å². The lowest BCUT2D eigenvalue weighted by molar-refractivity contribution is -0.151. The lowest BCUT2D eigenvalue weighted by Crippen LogP contribution is -2.20. The van der Waals surface area contributed by atoms with Crippen LogP contribution >= 0.6 is 0 Å². The molecular weight excluding hydrogens is 360 g/mol. The number of carbonyl (C=O) groups is 2. The molecule has 7 heteroatoms. The number of hydrogen-bond acceptors (Lipinski definition) is 6. The zero-order valence-electron chi connectivity index (χ0n) is 15.6. The molecule has 1 atom stereocenters. The van der Waals surface area contributed by atoms with Crippen LogP contribution in [0.3, 0.4) is 0 Å². The summed E-state index contributed by atoms with van der Waals surface area (Å²) in [6, 6.07) is 13.5. The zero-order valence-corrected chi connectivity index (χ0v) is 15.6. The highest BCUT2D eigenvalue weighted by molar-refractivity contribution is 5.95. The summed E-state index contributed by atoms with van der Waals surface area (Å²) in [5.74, 6) is 0.155.